The second-order valence-electron chi connectivity index (χ2n) is 9.26. The van der Waals surface area contributed by atoms with Crippen molar-refractivity contribution in [3.63, 3.8) is 0 Å². The molecule has 37 heavy (non-hydrogen) atoms. The van der Waals surface area contributed by atoms with Crippen LogP contribution in [-0.2, 0) is 0 Å². The van der Waals surface area contributed by atoms with Gasteiger partial charge in [0.2, 0.25) is 0 Å². The number of anilines is 2. The van der Waals surface area contributed by atoms with Crippen LogP contribution >= 0.6 is 0 Å². The zero-order chi connectivity index (χ0) is 26.2. The number of nitriles is 1. The molecule has 0 aliphatic heterocycles. The van der Waals surface area contributed by atoms with Crippen LogP contribution in [0.15, 0.2) is 67.1 Å². The normalized spacial score (nSPS) is 12.4. The molecule has 0 fully saturated rings. The third kappa shape index (κ3) is 4.85. The van der Waals surface area contributed by atoms with E-state index in [-0.39, 0.29) is 12.1 Å². The van der Waals surface area contributed by atoms with E-state index in [0.717, 1.165) is 22.1 Å². The van der Waals surface area contributed by atoms with E-state index in [4.69, 9.17) is 5.26 Å². The Hall–Kier alpha value is -4.75. The molecule has 0 aliphatic rings. The first kappa shape index (κ1) is 24.0. The molecule has 5 rings (SSSR count). The fourth-order valence-electron chi connectivity index (χ4n) is 3.94. The van der Waals surface area contributed by atoms with Gasteiger partial charge in [0.05, 0.1) is 52.1 Å². The number of nitrogens with zero attached hydrogens (tertiary/aromatic N) is 4. The van der Waals surface area contributed by atoms with Gasteiger partial charge < -0.3 is 20.7 Å². The van der Waals surface area contributed by atoms with Gasteiger partial charge in [-0.2, -0.15) is 10.4 Å². The molecule has 0 spiro atoms. The SMILES string of the molecule is CC(C)(O)C(F)CNC(=O)c1cnc(-c2ccc3cc(C#N)cnn23)cc1Nc1ccc2cc[nH]c2c1. The molecular formula is C27H24FN7O2. The van der Waals surface area contributed by atoms with Crippen molar-refractivity contribution >= 4 is 33.7 Å². The summed E-state index contributed by atoms with van der Waals surface area (Å²) in [5.74, 6) is -0.536. The number of aromatic nitrogens is 4. The van der Waals surface area contributed by atoms with Gasteiger partial charge in [-0.05, 0) is 61.7 Å². The van der Waals surface area contributed by atoms with Crippen LogP contribution in [0.25, 0.3) is 27.8 Å². The number of rotatable bonds is 7. The van der Waals surface area contributed by atoms with Crippen LogP contribution in [0.2, 0.25) is 0 Å². The number of nitrogens with one attached hydrogen (secondary N) is 3. The van der Waals surface area contributed by atoms with Crippen LogP contribution in [-0.4, -0.2) is 48.9 Å². The van der Waals surface area contributed by atoms with Gasteiger partial charge in [-0.15, -0.1) is 0 Å². The summed E-state index contributed by atoms with van der Waals surface area (Å²) < 4.78 is 15.9. The monoisotopic (exact) mass is 497 g/mol. The number of aliphatic hydroxyl groups is 1. The van der Waals surface area contributed by atoms with E-state index in [1.54, 1.807) is 16.6 Å². The molecule has 9 nitrogen and oxygen atoms in total. The van der Waals surface area contributed by atoms with Crippen molar-refractivity contribution in [1.29, 1.82) is 5.26 Å². The number of aromatic amines is 1. The Morgan fingerprint density at radius 2 is 2.05 bits per heavy atom. The van der Waals surface area contributed by atoms with E-state index in [1.165, 1.54) is 26.2 Å². The largest absolute Gasteiger partial charge is 0.387 e. The Morgan fingerprint density at radius 3 is 2.84 bits per heavy atom. The molecule has 0 saturated heterocycles. The number of hydrogen-bond donors (Lipinski definition) is 4. The number of halogens is 1. The molecule has 4 heterocycles. The number of H-pyrrole nitrogens is 1. The average Bonchev–Trinajstić information content (AvgIpc) is 3.52. The molecule has 186 valence electrons. The lowest BCUT2D eigenvalue weighted by molar-refractivity contribution is -0.00177. The molecule has 10 heteroatoms. The number of hydrogen-bond acceptors (Lipinski definition) is 6. The Bertz CT molecular complexity index is 1660. The van der Waals surface area contributed by atoms with E-state index < -0.39 is 17.7 Å². The second-order valence-corrected chi connectivity index (χ2v) is 9.26. The van der Waals surface area contributed by atoms with Crippen molar-refractivity contribution in [2.24, 2.45) is 0 Å². The highest BCUT2D eigenvalue weighted by molar-refractivity contribution is 6.01. The molecule has 1 unspecified atom stereocenters. The predicted octanol–water partition coefficient (Wildman–Crippen LogP) is 4.33. The van der Waals surface area contributed by atoms with Gasteiger partial charge in [0.1, 0.15) is 12.2 Å². The minimum absolute atomic E-state index is 0.207. The summed E-state index contributed by atoms with van der Waals surface area (Å²) in [6, 6.07) is 16.9. The highest BCUT2D eigenvalue weighted by Gasteiger charge is 2.27. The van der Waals surface area contributed by atoms with Gasteiger partial charge >= 0.3 is 0 Å². The van der Waals surface area contributed by atoms with Crippen LogP contribution < -0.4 is 10.6 Å². The van der Waals surface area contributed by atoms with Crippen molar-refractivity contribution < 1.29 is 14.3 Å². The first-order valence-electron chi connectivity index (χ1n) is 11.6. The minimum Gasteiger partial charge on any atom is -0.387 e. The van der Waals surface area contributed by atoms with Crippen molar-refractivity contribution in [2.45, 2.75) is 25.6 Å². The summed E-state index contributed by atoms with van der Waals surface area (Å²) in [5, 5.41) is 30.2. The van der Waals surface area contributed by atoms with Crippen LogP contribution in [0, 0.1) is 11.3 Å². The van der Waals surface area contributed by atoms with Crippen molar-refractivity contribution in [3.8, 4) is 17.5 Å². The molecule has 0 radical (unpaired) electrons. The topological polar surface area (TPSA) is 131 Å². The van der Waals surface area contributed by atoms with Crippen LogP contribution in [0.1, 0.15) is 29.8 Å². The van der Waals surface area contributed by atoms with Gasteiger partial charge in [0, 0.05) is 23.6 Å². The number of carbonyl (C=O) groups is 1. The fraction of sp³-hybridized carbons (Fsp3) is 0.185. The van der Waals surface area contributed by atoms with E-state index in [9.17, 15) is 14.3 Å². The van der Waals surface area contributed by atoms with Gasteiger partial charge in [0.15, 0.2) is 0 Å². The molecule has 1 atom stereocenters. The lowest BCUT2D eigenvalue weighted by Gasteiger charge is -2.22. The summed E-state index contributed by atoms with van der Waals surface area (Å²) in [7, 11) is 0. The lowest BCUT2D eigenvalue weighted by atomic mass is 10.0. The van der Waals surface area contributed by atoms with E-state index >= 15 is 0 Å². The fourth-order valence-corrected chi connectivity index (χ4v) is 3.94. The summed E-state index contributed by atoms with van der Waals surface area (Å²) in [6.45, 7) is 2.34. The number of alkyl halides is 1. The third-order valence-electron chi connectivity index (χ3n) is 6.08. The zero-order valence-electron chi connectivity index (χ0n) is 20.2. The van der Waals surface area contributed by atoms with E-state index in [0.29, 0.717) is 22.6 Å². The highest BCUT2D eigenvalue weighted by Crippen LogP contribution is 2.29. The number of amides is 1. The summed E-state index contributed by atoms with van der Waals surface area (Å²) in [5.41, 5.74) is 3.10. The predicted molar refractivity (Wildman–Crippen MR) is 138 cm³/mol. The van der Waals surface area contributed by atoms with Crippen LogP contribution in [0.5, 0.6) is 0 Å². The maximum Gasteiger partial charge on any atom is 0.255 e. The van der Waals surface area contributed by atoms with Crippen LogP contribution in [0.4, 0.5) is 15.8 Å². The molecular weight excluding hydrogens is 473 g/mol. The van der Waals surface area contributed by atoms with E-state index in [2.05, 4.69) is 31.8 Å². The van der Waals surface area contributed by atoms with Crippen LogP contribution in [0.3, 0.4) is 0 Å². The Morgan fingerprint density at radius 1 is 1.22 bits per heavy atom. The molecule has 4 N–H and O–H groups in total. The summed E-state index contributed by atoms with van der Waals surface area (Å²) in [6.07, 6.45) is 3.09. The minimum atomic E-state index is -1.65. The Labute approximate surface area is 211 Å². The third-order valence-corrected chi connectivity index (χ3v) is 6.08. The summed E-state index contributed by atoms with van der Waals surface area (Å²) in [4.78, 5) is 20.7. The van der Waals surface area contributed by atoms with Crippen molar-refractivity contribution in [3.05, 3.63) is 78.2 Å². The Kier molecular flexibility index (Phi) is 6.07. The number of pyridine rings is 1. The quantitative estimate of drug-likeness (QED) is 0.265. The number of fused-ring (bicyclic) bond motifs is 2. The standard InChI is InChI=1S/C27H24FN7O2/c1-27(2,37)25(28)15-32-26(36)20-14-31-23(24-6-5-19-9-16(12-29)13-33-35(19)24)11-22(20)34-18-4-3-17-7-8-30-21(17)10-18/h3-11,13-14,25,30,37H,15H2,1-2H3,(H,31,34)(H,32,36). The highest BCUT2D eigenvalue weighted by atomic mass is 19.1. The second kappa shape index (κ2) is 9.37. The maximum absolute atomic E-state index is 14.3. The van der Waals surface area contributed by atoms with E-state index in [1.807, 2.05) is 42.6 Å². The van der Waals surface area contributed by atoms with Gasteiger partial charge in [-0.25, -0.2) is 8.91 Å². The van der Waals surface area contributed by atoms with Gasteiger partial charge in [-0.1, -0.05) is 6.07 Å². The maximum atomic E-state index is 14.3. The molecule has 5 aromatic rings. The van der Waals surface area contributed by atoms with Gasteiger partial charge in [0.25, 0.3) is 5.91 Å². The molecule has 1 amide bonds. The molecule has 0 bridgehead atoms. The van der Waals surface area contributed by atoms with Crippen molar-refractivity contribution in [2.75, 3.05) is 11.9 Å². The Balaban J connectivity index is 1.52. The number of carbonyl (C=O) groups excluding carboxylic acids is 1. The van der Waals surface area contributed by atoms with Crippen molar-refractivity contribution in [1.82, 2.24) is 24.9 Å². The molecule has 4 aromatic heterocycles. The summed E-state index contributed by atoms with van der Waals surface area (Å²) >= 11 is 0. The molecule has 0 aliphatic carbocycles. The average molecular weight is 498 g/mol. The molecule has 1 aromatic carbocycles. The lowest BCUT2D eigenvalue weighted by Crippen LogP contribution is -2.42. The molecule has 0 saturated carbocycles. The zero-order valence-corrected chi connectivity index (χ0v) is 20.2. The van der Waals surface area contributed by atoms with Gasteiger partial charge in [-0.3, -0.25) is 9.78 Å². The first-order valence-corrected chi connectivity index (χ1v) is 11.6. The smallest absolute Gasteiger partial charge is 0.255 e. The first-order chi connectivity index (χ1) is 17.7. The number of benzene rings is 1.